The standard InChI is InChI=1S/C16H25NO4/c1-21-16(20)5-3-2-4-14-6-8-15(9-7-14)17(10-12-18)11-13-19/h6-9,18-19H,2-5,10-13H2,1H3. The van der Waals surface area contributed by atoms with Crippen LogP contribution in [0, 0.1) is 0 Å². The molecule has 0 bridgehead atoms. The van der Waals surface area contributed by atoms with Crippen molar-refractivity contribution >= 4 is 11.7 Å². The van der Waals surface area contributed by atoms with E-state index in [4.69, 9.17) is 10.2 Å². The Morgan fingerprint density at radius 1 is 1.10 bits per heavy atom. The van der Waals surface area contributed by atoms with Gasteiger partial charge < -0.3 is 19.8 Å². The molecule has 0 aromatic heterocycles. The molecular formula is C16H25NO4. The van der Waals surface area contributed by atoms with Crippen molar-refractivity contribution in [2.75, 3.05) is 38.3 Å². The van der Waals surface area contributed by atoms with Crippen molar-refractivity contribution in [1.82, 2.24) is 0 Å². The molecule has 0 unspecified atom stereocenters. The predicted molar refractivity (Wildman–Crippen MR) is 82.4 cm³/mol. The number of hydrogen-bond acceptors (Lipinski definition) is 5. The molecular weight excluding hydrogens is 270 g/mol. The SMILES string of the molecule is COC(=O)CCCCc1ccc(N(CCO)CCO)cc1. The Labute approximate surface area is 126 Å². The number of aryl methyl sites for hydroxylation is 1. The maximum Gasteiger partial charge on any atom is 0.305 e. The summed E-state index contributed by atoms with van der Waals surface area (Å²) in [6.45, 7) is 1.16. The molecule has 0 aliphatic rings. The van der Waals surface area contributed by atoms with Gasteiger partial charge in [-0.15, -0.1) is 0 Å². The Kier molecular flexibility index (Phi) is 8.47. The maximum atomic E-state index is 11.0. The average molecular weight is 295 g/mol. The van der Waals surface area contributed by atoms with Crippen LogP contribution in [0.4, 0.5) is 5.69 Å². The van der Waals surface area contributed by atoms with E-state index in [2.05, 4.69) is 16.9 Å². The van der Waals surface area contributed by atoms with Crippen molar-refractivity contribution in [2.24, 2.45) is 0 Å². The lowest BCUT2D eigenvalue weighted by molar-refractivity contribution is -0.140. The van der Waals surface area contributed by atoms with Crippen LogP contribution in [0.25, 0.3) is 0 Å². The van der Waals surface area contributed by atoms with Crippen LogP contribution in [0.15, 0.2) is 24.3 Å². The van der Waals surface area contributed by atoms with E-state index in [9.17, 15) is 4.79 Å². The number of methoxy groups -OCH3 is 1. The number of esters is 1. The van der Waals surface area contributed by atoms with E-state index in [-0.39, 0.29) is 19.2 Å². The summed E-state index contributed by atoms with van der Waals surface area (Å²) in [7, 11) is 1.41. The van der Waals surface area contributed by atoms with Crippen LogP contribution in [0.5, 0.6) is 0 Å². The summed E-state index contributed by atoms with van der Waals surface area (Å²) in [5.41, 5.74) is 2.22. The van der Waals surface area contributed by atoms with Crippen molar-refractivity contribution < 1.29 is 19.7 Å². The number of ether oxygens (including phenoxy) is 1. The van der Waals surface area contributed by atoms with Crippen LogP contribution in [-0.4, -0.2) is 49.6 Å². The zero-order chi connectivity index (χ0) is 15.5. The van der Waals surface area contributed by atoms with Gasteiger partial charge in [0.25, 0.3) is 0 Å². The molecule has 0 fully saturated rings. The zero-order valence-electron chi connectivity index (χ0n) is 12.6. The summed E-state index contributed by atoms with van der Waals surface area (Å²) in [4.78, 5) is 12.9. The van der Waals surface area contributed by atoms with Crippen LogP contribution >= 0.6 is 0 Å². The molecule has 1 rings (SSSR count). The van der Waals surface area contributed by atoms with Gasteiger partial charge in [-0.1, -0.05) is 12.1 Å². The van der Waals surface area contributed by atoms with Crippen molar-refractivity contribution in [3.05, 3.63) is 29.8 Å². The van der Waals surface area contributed by atoms with Gasteiger partial charge >= 0.3 is 5.97 Å². The van der Waals surface area contributed by atoms with E-state index >= 15 is 0 Å². The minimum absolute atomic E-state index is 0.0648. The van der Waals surface area contributed by atoms with Crippen molar-refractivity contribution in [3.8, 4) is 0 Å². The Morgan fingerprint density at radius 2 is 1.71 bits per heavy atom. The third kappa shape index (κ3) is 6.60. The molecule has 1 aromatic rings. The van der Waals surface area contributed by atoms with Gasteiger partial charge in [0.1, 0.15) is 0 Å². The topological polar surface area (TPSA) is 70.0 Å². The highest BCUT2D eigenvalue weighted by Crippen LogP contribution is 2.16. The van der Waals surface area contributed by atoms with E-state index < -0.39 is 0 Å². The Bertz CT molecular complexity index is 399. The highest BCUT2D eigenvalue weighted by atomic mass is 16.5. The molecule has 2 N–H and O–H groups in total. The van der Waals surface area contributed by atoms with Crippen molar-refractivity contribution in [1.29, 1.82) is 0 Å². The number of unbranched alkanes of at least 4 members (excludes halogenated alkanes) is 1. The normalized spacial score (nSPS) is 10.4. The minimum Gasteiger partial charge on any atom is -0.469 e. The van der Waals surface area contributed by atoms with E-state index in [1.165, 1.54) is 12.7 Å². The molecule has 0 amide bonds. The summed E-state index contributed by atoms with van der Waals surface area (Å²) < 4.78 is 4.61. The molecule has 0 aliphatic heterocycles. The second-order valence-corrected chi connectivity index (χ2v) is 4.88. The quantitative estimate of drug-likeness (QED) is 0.504. The summed E-state index contributed by atoms with van der Waals surface area (Å²) in [5.74, 6) is -0.158. The third-order valence-corrected chi connectivity index (χ3v) is 3.37. The number of carbonyl (C=O) groups excluding carboxylic acids is 1. The first-order valence-electron chi connectivity index (χ1n) is 7.33. The lowest BCUT2D eigenvalue weighted by Gasteiger charge is -2.23. The number of anilines is 1. The largest absolute Gasteiger partial charge is 0.469 e. The van der Waals surface area contributed by atoms with Gasteiger partial charge in [-0.05, 0) is 37.0 Å². The molecule has 0 saturated heterocycles. The van der Waals surface area contributed by atoms with Crippen LogP contribution in [0.2, 0.25) is 0 Å². The number of rotatable bonds is 10. The van der Waals surface area contributed by atoms with E-state index in [0.717, 1.165) is 24.9 Å². The molecule has 0 spiro atoms. The Balaban J connectivity index is 2.43. The molecule has 5 heteroatoms. The zero-order valence-corrected chi connectivity index (χ0v) is 12.6. The molecule has 118 valence electrons. The summed E-state index contributed by atoms with van der Waals surface area (Å²) in [6.07, 6.45) is 3.17. The van der Waals surface area contributed by atoms with E-state index in [1.807, 2.05) is 17.0 Å². The van der Waals surface area contributed by atoms with Gasteiger partial charge in [-0.25, -0.2) is 0 Å². The first-order valence-corrected chi connectivity index (χ1v) is 7.33. The van der Waals surface area contributed by atoms with E-state index in [0.29, 0.717) is 19.5 Å². The van der Waals surface area contributed by atoms with Gasteiger partial charge in [-0.3, -0.25) is 4.79 Å². The fourth-order valence-corrected chi connectivity index (χ4v) is 2.19. The van der Waals surface area contributed by atoms with Gasteiger partial charge in [-0.2, -0.15) is 0 Å². The smallest absolute Gasteiger partial charge is 0.305 e. The molecule has 21 heavy (non-hydrogen) atoms. The summed E-state index contributed by atoms with van der Waals surface area (Å²) >= 11 is 0. The van der Waals surface area contributed by atoms with Crippen molar-refractivity contribution in [2.45, 2.75) is 25.7 Å². The fraction of sp³-hybridized carbons (Fsp3) is 0.562. The Morgan fingerprint density at radius 3 is 2.24 bits per heavy atom. The number of benzene rings is 1. The molecule has 1 aromatic carbocycles. The van der Waals surface area contributed by atoms with Crippen LogP contribution in [0.1, 0.15) is 24.8 Å². The van der Waals surface area contributed by atoms with Crippen LogP contribution < -0.4 is 4.90 Å². The first-order chi connectivity index (χ1) is 10.2. The third-order valence-electron chi connectivity index (χ3n) is 3.37. The van der Waals surface area contributed by atoms with Gasteiger partial charge in [0.05, 0.1) is 20.3 Å². The van der Waals surface area contributed by atoms with Gasteiger partial charge in [0.2, 0.25) is 0 Å². The molecule has 0 atom stereocenters. The highest BCUT2D eigenvalue weighted by Gasteiger charge is 2.05. The summed E-state index contributed by atoms with van der Waals surface area (Å²) in [6, 6.07) is 8.10. The van der Waals surface area contributed by atoms with Gasteiger partial charge in [0.15, 0.2) is 0 Å². The maximum absolute atomic E-state index is 11.0. The van der Waals surface area contributed by atoms with E-state index in [1.54, 1.807) is 0 Å². The molecule has 0 heterocycles. The number of aliphatic hydroxyl groups excluding tert-OH is 2. The highest BCUT2D eigenvalue weighted by molar-refractivity contribution is 5.68. The number of nitrogens with zero attached hydrogens (tertiary/aromatic N) is 1. The molecule has 5 nitrogen and oxygen atoms in total. The number of aliphatic hydroxyl groups is 2. The van der Waals surface area contributed by atoms with Gasteiger partial charge in [0, 0.05) is 25.2 Å². The lowest BCUT2D eigenvalue weighted by Crippen LogP contribution is -2.29. The molecule has 0 aliphatic carbocycles. The lowest BCUT2D eigenvalue weighted by atomic mass is 10.1. The molecule has 0 radical (unpaired) electrons. The van der Waals surface area contributed by atoms with Crippen LogP contribution in [0.3, 0.4) is 0 Å². The first kappa shape index (κ1) is 17.5. The van der Waals surface area contributed by atoms with Crippen LogP contribution in [-0.2, 0) is 16.0 Å². The fourth-order valence-electron chi connectivity index (χ4n) is 2.19. The second-order valence-electron chi connectivity index (χ2n) is 4.88. The minimum atomic E-state index is -0.158. The number of hydrogen-bond donors (Lipinski definition) is 2. The number of carbonyl (C=O) groups is 1. The van der Waals surface area contributed by atoms with Crippen molar-refractivity contribution in [3.63, 3.8) is 0 Å². The monoisotopic (exact) mass is 295 g/mol. The second kappa shape index (κ2) is 10.2. The summed E-state index contributed by atoms with van der Waals surface area (Å²) in [5, 5.41) is 18.1. The Hall–Kier alpha value is -1.59. The molecule has 0 saturated carbocycles. The average Bonchev–Trinajstić information content (AvgIpc) is 2.51. The predicted octanol–water partition coefficient (Wildman–Crippen LogP) is 1.36.